The Morgan fingerprint density at radius 3 is 2.42 bits per heavy atom. The molecule has 0 aliphatic carbocycles. The van der Waals surface area contributed by atoms with Gasteiger partial charge in [0, 0.05) is 45.3 Å². The van der Waals surface area contributed by atoms with E-state index in [0.29, 0.717) is 19.5 Å². The number of piperazine rings is 1. The molecule has 1 aromatic rings. The highest BCUT2D eigenvalue weighted by Gasteiger charge is 2.38. The van der Waals surface area contributed by atoms with Crippen LogP contribution in [0.3, 0.4) is 0 Å². The number of hydrogen-bond donors (Lipinski definition) is 1. The molecule has 2 saturated heterocycles. The van der Waals surface area contributed by atoms with E-state index in [1.54, 1.807) is 0 Å². The summed E-state index contributed by atoms with van der Waals surface area (Å²) in [6, 6.07) is 3.37. The minimum Gasteiger partial charge on any atom is -0.314 e. The minimum absolute atomic E-state index is 0. The molecule has 2 aliphatic heterocycles. The average molecular weight is 414 g/mol. The number of hydrogen-bond acceptors (Lipinski definition) is 4. The first-order valence-corrected chi connectivity index (χ1v) is 9.76. The van der Waals surface area contributed by atoms with Crippen molar-refractivity contribution in [3.8, 4) is 0 Å². The number of benzene rings is 1. The van der Waals surface area contributed by atoms with E-state index in [4.69, 9.17) is 0 Å². The molecule has 2 aliphatic rings. The van der Waals surface area contributed by atoms with Crippen LogP contribution in [0, 0.1) is 6.92 Å². The van der Waals surface area contributed by atoms with Crippen LogP contribution in [0.15, 0.2) is 23.1 Å². The lowest BCUT2D eigenvalue weighted by atomic mass is 10.1. The molecule has 2 heterocycles. The van der Waals surface area contributed by atoms with Crippen LogP contribution in [0.25, 0.3) is 0 Å². The number of nitrogens with one attached hydrogen (secondary N) is 1. The van der Waals surface area contributed by atoms with Crippen LogP contribution in [0.2, 0.25) is 0 Å². The van der Waals surface area contributed by atoms with Gasteiger partial charge in [-0.1, -0.05) is 6.07 Å². The number of rotatable bonds is 3. The second-order valence-electron chi connectivity index (χ2n) is 6.57. The lowest BCUT2D eigenvalue weighted by Crippen LogP contribution is -2.49. The first-order valence-electron chi connectivity index (χ1n) is 8.32. The first kappa shape index (κ1) is 21.4. The van der Waals surface area contributed by atoms with Crippen LogP contribution in [0.5, 0.6) is 0 Å². The van der Waals surface area contributed by atoms with Crippen LogP contribution in [0.1, 0.15) is 17.5 Å². The van der Waals surface area contributed by atoms with Crippen molar-refractivity contribution in [3.05, 3.63) is 29.3 Å². The van der Waals surface area contributed by atoms with E-state index in [0.717, 1.165) is 32.2 Å². The molecule has 1 N–H and O–H groups in total. The molecule has 1 unspecified atom stereocenters. The number of aryl methyl sites for hydroxylation is 1. The van der Waals surface area contributed by atoms with Gasteiger partial charge in [-0.3, -0.25) is 4.90 Å². The average Bonchev–Trinajstić information content (AvgIpc) is 3.05. The molecule has 3 rings (SSSR count). The summed E-state index contributed by atoms with van der Waals surface area (Å²) in [7, 11) is -3.92. The zero-order valence-corrected chi connectivity index (χ0v) is 16.1. The van der Waals surface area contributed by atoms with E-state index >= 15 is 0 Å². The molecular formula is C16H23ClF3N3O2S. The maximum atomic E-state index is 13.1. The van der Waals surface area contributed by atoms with Gasteiger partial charge in [0.1, 0.15) is 0 Å². The second-order valence-corrected chi connectivity index (χ2v) is 8.50. The summed E-state index contributed by atoms with van der Waals surface area (Å²) in [5, 5.41) is 3.25. The third kappa shape index (κ3) is 4.33. The summed E-state index contributed by atoms with van der Waals surface area (Å²) in [6.07, 6.45) is -3.86. The normalized spacial score (nSPS) is 23.0. The number of nitrogens with zero attached hydrogens (tertiary/aromatic N) is 2. The molecule has 1 atom stereocenters. The zero-order valence-electron chi connectivity index (χ0n) is 14.4. The van der Waals surface area contributed by atoms with E-state index in [-0.39, 0.29) is 28.9 Å². The van der Waals surface area contributed by atoms with Gasteiger partial charge in [-0.2, -0.15) is 17.5 Å². The van der Waals surface area contributed by atoms with E-state index in [1.807, 2.05) is 0 Å². The van der Waals surface area contributed by atoms with Crippen molar-refractivity contribution in [2.24, 2.45) is 0 Å². The van der Waals surface area contributed by atoms with Crippen molar-refractivity contribution in [3.63, 3.8) is 0 Å². The van der Waals surface area contributed by atoms with Crippen LogP contribution in [0.4, 0.5) is 13.2 Å². The molecular weight excluding hydrogens is 391 g/mol. The first-order chi connectivity index (χ1) is 11.7. The fourth-order valence-electron chi connectivity index (χ4n) is 3.49. The van der Waals surface area contributed by atoms with Crippen LogP contribution in [-0.4, -0.2) is 62.9 Å². The molecule has 2 fully saturated rings. The summed E-state index contributed by atoms with van der Waals surface area (Å²) in [4.78, 5) is 1.97. The lowest BCUT2D eigenvalue weighted by Gasteiger charge is -2.32. The summed E-state index contributed by atoms with van der Waals surface area (Å²) in [5.74, 6) is 0. The maximum absolute atomic E-state index is 13.1. The molecule has 0 aromatic heterocycles. The van der Waals surface area contributed by atoms with Gasteiger partial charge in [0.2, 0.25) is 10.0 Å². The van der Waals surface area contributed by atoms with Crippen molar-refractivity contribution < 1.29 is 21.6 Å². The largest absolute Gasteiger partial charge is 0.416 e. The monoisotopic (exact) mass is 413 g/mol. The quantitative estimate of drug-likeness (QED) is 0.824. The van der Waals surface area contributed by atoms with E-state index < -0.39 is 21.8 Å². The maximum Gasteiger partial charge on any atom is 0.416 e. The van der Waals surface area contributed by atoms with Crippen molar-refractivity contribution in [1.82, 2.24) is 14.5 Å². The van der Waals surface area contributed by atoms with Crippen molar-refractivity contribution >= 4 is 22.4 Å². The fourth-order valence-corrected chi connectivity index (χ4v) is 5.01. The van der Waals surface area contributed by atoms with Gasteiger partial charge >= 0.3 is 6.18 Å². The molecule has 0 amide bonds. The Morgan fingerprint density at radius 1 is 1.15 bits per heavy atom. The Bertz CT molecular complexity index is 737. The highest BCUT2D eigenvalue weighted by molar-refractivity contribution is 7.89. The standard InChI is InChI=1S/C16H22F3N3O2S.ClH/c1-12-2-3-14(10-15(12)16(17,18)19)25(23,24)22-7-4-13(11-22)21-8-5-20-6-9-21;/h2-3,10,13,20H,4-9,11H2,1H3;1H. The molecule has 10 heteroatoms. The van der Waals surface area contributed by atoms with Gasteiger partial charge in [0.25, 0.3) is 0 Å². The molecule has 26 heavy (non-hydrogen) atoms. The van der Waals surface area contributed by atoms with Crippen molar-refractivity contribution in [2.75, 3.05) is 39.3 Å². The lowest BCUT2D eigenvalue weighted by molar-refractivity contribution is -0.138. The van der Waals surface area contributed by atoms with E-state index in [2.05, 4.69) is 10.2 Å². The molecule has 0 bridgehead atoms. The van der Waals surface area contributed by atoms with Gasteiger partial charge in [0.15, 0.2) is 0 Å². The molecule has 1 aromatic carbocycles. The van der Waals surface area contributed by atoms with Crippen LogP contribution in [-0.2, 0) is 16.2 Å². The molecule has 0 saturated carbocycles. The second kappa shape index (κ2) is 8.02. The van der Waals surface area contributed by atoms with Crippen LogP contribution >= 0.6 is 12.4 Å². The Kier molecular flexibility index (Phi) is 6.61. The SMILES string of the molecule is Cc1ccc(S(=O)(=O)N2CCC(N3CCNCC3)C2)cc1C(F)(F)F.Cl. The highest BCUT2D eigenvalue weighted by atomic mass is 35.5. The fraction of sp³-hybridized carbons (Fsp3) is 0.625. The van der Waals surface area contributed by atoms with Crippen molar-refractivity contribution in [1.29, 1.82) is 0 Å². The summed E-state index contributed by atoms with van der Waals surface area (Å²) in [6.45, 7) is 5.47. The predicted molar refractivity (Wildman–Crippen MR) is 95.0 cm³/mol. The van der Waals surface area contributed by atoms with E-state index in [1.165, 1.54) is 23.4 Å². The highest BCUT2D eigenvalue weighted by Crippen LogP contribution is 2.34. The van der Waals surface area contributed by atoms with Gasteiger partial charge in [-0.05, 0) is 31.0 Å². The Labute approximate surface area is 158 Å². The third-order valence-corrected chi connectivity index (χ3v) is 6.81. The molecule has 148 valence electrons. The molecule has 5 nitrogen and oxygen atoms in total. The summed E-state index contributed by atoms with van der Waals surface area (Å²) < 4.78 is 66.1. The van der Waals surface area contributed by atoms with Gasteiger partial charge in [-0.25, -0.2) is 8.42 Å². The molecule has 0 spiro atoms. The Morgan fingerprint density at radius 2 is 1.81 bits per heavy atom. The van der Waals surface area contributed by atoms with Gasteiger partial charge in [0.05, 0.1) is 10.5 Å². The minimum atomic E-state index is -4.57. The molecule has 0 radical (unpaired) electrons. The zero-order chi connectivity index (χ0) is 18.2. The smallest absolute Gasteiger partial charge is 0.314 e. The van der Waals surface area contributed by atoms with Crippen molar-refractivity contribution in [2.45, 2.75) is 30.5 Å². The predicted octanol–water partition coefficient (Wildman–Crippen LogP) is 2.10. The number of halogens is 4. The van der Waals surface area contributed by atoms with Gasteiger partial charge < -0.3 is 5.32 Å². The third-order valence-electron chi connectivity index (χ3n) is 4.95. The van der Waals surface area contributed by atoms with Crippen LogP contribution < -0.4 is 5.32 Å². The van der Waals surface area contributed by atoms with Gasteiger partial charge in [-0.15, -0.1) is 12.4 Å². The number of alkyl halides is 3. The number of sulfonamides is 1. The van der Waals surface area contributed by atoms with E-state index in [9.17, 15) is 21.6 Å². The topological polar surface area (TPSA) is 52.7 Å². The summed E-state index contributed by atoms with van der Waals surface area (Å²) in [5.41, 5.74) is -0.877. The Balaban J connectivity index is 0.00000243. The summed E-state index contributed by atoms with van der Waals surface area (Å²) >= 11 is 0. The Hall–Kier alpha value is -0.870.